The summed E-state index contributed by atoms with van der Waals surface area (Å²) in [6.07, 6.45) is 5.35. The highest BCUT2D eigenvalue weighted by molar-refractivity contribution is 7.80. The van der Waals surface area contributed by atoms with Crippen molar-refractivity contribution in [3.8, 4) is 0 Å². The van der Waals surface area contributed by atoms with E-state index in [0.717, 1.165) is 5.75 Å². The van der Waals surface area contributed by atoms with E-state index in [9.17, 15) is 0 Å². The zero-order valence-corrected chi connectivity index (χ0v) is 8.03. The van der Waals surface area contributed by atoms with Crippen LogP contribution >= 0.6 is 12.6 Å². The second-order valence-electron chi connectivity index (χ2n) is 2.10. The zero-order valence-electron chi connectivity index (χ0n) is 7.14. The summed E-state index contributed by atoms with van der Waals surface area (Å²) < 4.78 is 0. The molecule has 0 radical (unpaired) electrons. The Morgan fingerprint density at radius 3 is 1.90 bits per heavy atom. The van der Waals surface area contributed by atoms with Crippen LogP contribution in [-0.4, -0.2) is 17.5 Å². The van der Waals surface area contributed by atoms with Crippen molar-refractivity contribution in [1.82, 2.24) is 0 Å². The summed E-state index contributed by atoms with van der Waals surface area (Å²) in [4.78, 5) is 0. The molecule has 0 aromatic rings. The second kappa shape index (κ2) is 16.1. The molecule has 0 fully saturated rings. The minimum absolute atomic E-state index is 0.250. The Labute approximate surface area is 70.2 Å². The average molecular weight is 164 g/mol. The van der Waals surface area contributed by atoms with Crippen LogP contribution in [-0.2, 0) is 0 Å². The Morgan fingerprint density at radius 2 is 1.60 bits per heavy atom. The van der Waals surface area contributed by atoms with Crippen LogP contribution in [0.5, 0.6) is 0 Å². The molecule has 0 aliphatic rings. The smallest absolute Gasteiger partial charge is 0.0402 e. The molecule has 0 atom stereocenters. The first-order valence-electron chi connectivity index (χ1n) is 4.05. The standard InChI is InChI=1S/C6H14S.C2H6O/c1-2-3-4-5-6-7;1-2-3/h7H,2-6H2,1H3;3H,2H2,1H3. The quantitative estimate of drug-likeness (QED) is 0.483. The normalized spacial score (nSPS) is 8.40. The molecule has 64 valence electrons. The molecule has 0 unspecified atom stereocenters. The van der Waals surface area contributed by atoms with Crippen molar-refractivity contribution in [2.75, 3.05) is 12.4 Å². The summed E-state index contributed by atoms with van der Waals surface area (Å²) in [5.41, 5.74) is 0. The molecular formula is C8H20OS. The van der Waals surface area contributed by atoms with E-state index >= 15 is 0 Å². The highest BCUT2D eigenvalue weighted by Crippen LogP contribution is 1.98. The maximum absolute atomic E-state index is 7.57. The second-order valence-corrected chi connectivity index (χ2v) is 2.55. The fraction of sp³-hybridized carbons (Fsp3) is 1.00. The third-order valence-electron chi connectivity index (χ3n) is 1.01. The summed E-state index contributed by atoms with van der Waals surface area (Å²) in [7, 11) is 0. The number of hydrogen-bond acceptors (Lipinski definition) is 2. The van der Waals surface area contributed by atoms with Gasteiger partial charge in [-0.3, -0.25) is 0 Å². The van der Waals surface area contributed by atoms with Crippen molar-refractivity contribution in [2.24, 2.45) is 0 Å². The minimum atomic E-state index is 0.250. The molecular weight excluding hydrogens is 144 g/mol. The topological polar surface area (TPSA) is 20.2 Å². The van der Waals surface area contributed by atoms with Crippen molar-refractivity contribution >= 4 is 12.6 Å². The van der Waals surface area contributed by atoms with Gasteiger partial charge in [0.2, 0.25) is 0 Å². The first-order valence-corrected chi connectivity index (χ1v) is 4.68. The predicted molar refractivity (Wildman–Crippen MR) is 50.8 cm³/mol. The molecule has 0 aromatic carbocycles. The number of aliphatic hydroxyl groups is 1. The Kier molecular flexibility index (Phi) is 20.9. The van der Waals surface area contributed by atoms with Gasteiger partial charge in [0.15, 0.2) is 0 Å². The summed E-state index contributed by atoms with van der Waals surface area (Å²) in [6, 6.07) is 0. The molecule has 0 rings (SSSR count). The average Bonchev–Trinajstić information content (AvgIpc) is 1.91. The van der Waals surface area contributed by atoms with Gasteiger partial charge in [0.25, 0.3) is 0 Å². The first-order chi connectivity index (χ1) is 4.83. The zero-order chi connectivity index (χ0) is 8.24. The first kappa shape index (κ1) is 12.9. The van der Waals surface area contributed by atoms with Crippen LogP contribution in [0.4, 0.5) is 0 Å². The van der Waals surface area contributed by atoms with Crippen LogP contribution in [0.15, 0.2) is 0 Å². The third-order valence-corrected chi connectivity index (χ3v) is 1.33. The van der Waals surface area contributed by atoms with Crippen LogP contribution in [0.1, 0.15) is 39.5 Å². The lowest BCUT2D eigenvalue weighted by molar-refractivity contribution is 0.318. The third kappa shape index (κ3) is 23.9. The van der Waals surface area contributed by atoms with Gasteiger partial charge < -0.3 is 5.11 Å². The van der Waals surface area contributed by atoms with Crippen molar-refractivity contribution < 1.29 is 5.11 Å². The highest BCUT2D eigenvalue weighted by atomic mass is 32.1. The molecule has 0 aliphatic carbocycles. The Hall–Kier alpha value is 0.310. The monoisotopic (exact) mass is 164 g/mol. The highest BCUT2D eigenvalue weighted by Gasteiger charge is 1.80. The van der Waals surface area contributed by atoms with Gasteiger partial charge in [0.1, 0.15) is 0 Å². The van der Waals surface area contributed by atoms with E-state index in [1.165, 1.54) is 25.7 Å². The van der Waals surface area contributed by atoms with Gasteiger partial charge in [-0.1, -0.05) is 26.2 Å². The molecule has 0 aliphatic heterocycles. The van der Waals surface area contributed by atoms with Crippen LogP contribution in [0, 0.1) is 0 Å². The van der Waals surface area contributed by atoms with Crippen LogP contribution in [0.3, 0.4) is 0 Å². The molecule has 0 saturated carbocycles. The minimum Gasteiger partial charge on any atom is -0.397 e. The molecule has 0 saturated heterocycles. The van der Waals surface area contributed by atoms with Gasteiger partial charge in [0, 0.05) is 6.61 Å². The van der Waals surface area contributed by atoms with Crippen molar-refractivity contribution in [1.29, 1.82) is 0 Å². The van der Waals surface area contributed by atoms with Crippen LogP contribution < -0.4 is 0 Å². The summed E-state index contributed by atoms with van der Waals surface area (Å²) in [6.45, 7) is 4.15. The maximum Gasteiger partial charge on any atom is 0.0402 e. The van der Waals surface area contributed by atoms with E-state index in [4.69, 9.17) is 5.11 Å². The number of unbranched alkanes of at least 4 members (excludes halogenated alkanes) is 3. The molecule has 0 spiro atoms. The Morgan fingerprint density at radius 1 is 1.10 bits per heavy atom. The van der Waals surface area contributed by atoms with Crippen LogP contribution in [0.2, 0.25) is 0 Å². The molecule has 10 heavy (non-hydrogen) atoms. The molecule has 0 heterocycles. The molecule has 0 amide bonds. The van der Waals surface area contributed by atoms with E-state index in [1.54, 1.807) is 6.92 Å². The number of hydrogen-bond donors (Lipinski definition) is 2. The number of thiol groups is 1. The maximum atomic E-state index is 7.57. The van der Waals surface area contributed by atoms with Crippen molar-refractivity contribution in [3.63, 3.8) is 0 Å². The molecule has 0 bridgehead atoms. The summed E-state index contributed by atoms with van der Waals surface area (Å²) in [5, 5.41) is 7.57. The Bertz CT molecular complexity index is 36.2. The van der Waals surface area contributed by atoms with Gasteiger partial charge in [-0.05, 0) is 19.1 Å². The SMILES string of the molecule is CCCCCCS.CCO. The fourth-order valence-corrected chi connectivity index (χ4v) is 0.762. The summed E-state index contributed by atoms with van der Waals surface area (Å²) >= 11 is 4.09. The molecule has 1 N–H and O–H groups in total. The molecule has 0 aromatic heterocycles. The van der Waals surface area contributed by atoms with Crippen molar-refractivity contribution in [2.45, 2.75) is 39.5 Å². The largest absolute Gasteiger partial charge is 0.397 e. The van der Waals surface area contributed by atoms with E-state index in [2.05, 4.69) is 19.6 Å². The van der Waals surface area contributed by atoms with Crippen LogP contribution in [0.25, 0.3) is 0 Å². The predicted octanol–water partition coefficient (Wildman–Crippen LogP) is 2.50. The van der Waals surface area contributed by atoms with E-state index in [0.29, 0.717) is 0 Å². The summed E-state index contributed by atoms with van der Waals surface area (Å²) in [5.74, 6) is 1.06. The lowest BCUT2D eigenvalue weighted by Gasteiger charge is -1.90. The lowest BCUT2D eigenvalue weighted by atomic mass is 10.2. The molecule has 2 heteroatoms. The number of aliphatic hydroxyl groups excluding tert-OH is 1. The molecule has 1 nitrogen and oxygen atoms in total. The fourth-order valence-electron chi connectivity index (χ4n) is 0.539. The lowest BCUT2D eigenvalue weighted by Crippen LogP contribution is -1.74. The van der Waals surface area contributed by atoms with Gasteiger partial charge in [-0.25, -0.2) is 0 Å². The number of rotatable bonds is 4. The van der Waals surface area contributed by atoms with E-state index in [-0.39, 0.29) is 6.61 Å². The van der Waals surface area contributed by atoms with Gasteiger partial charge >= 0.3 is 0 Å². The van der Waals surface area contributed by atoms with E-state index in [1.807, 2.05) is 0 Å². The van der Waals surface area contributed by atoms with Crippen molar-refractivity contribution in [3.05, 3.63) is 0 Å². The Balaban J connectivity index is 0. The van der Waals surface area contributed by atoms with E-state index < -0.39 is 0 Å². The van der Waals surface area contributed by atoms with Gasteiger partial charge in [-0.2, -0.15) is 12.6 Å². The van der Waals surface area contributed by atoms with Gasteiger partial charge in [-0.15, -0.1) is 0 Å². The van der Waals surface area contributed by atoms with Gasteiger partial charge in [0.05, 0.1) is 0 Å².